The number of carbonyl (C=O) groups excluding carboxylic acids is 1. The number of rotatable bonds is 4. The fourth-order valence-corrected chi connectivity index (χ4v) is 7.41. The topological polar surface area (TPSA) is 73.8 Å². The van der Waals surface area contributed by atoms with Gasteiger partial charge in [-0.2, -0.15) is 4.31 Å². The number of sulfonamides is 1. The molecule has 152 valence electrons. The molecule has 0 aliphatic carbocycles. The Morgan fingerprint density at radius 3 is 2.57 bits per heavy atom. The van der Waals surface area contributed by atoms with Gasteiger partial charge in [0.25, 0.3) is 10.0 Å². The van der Waals surface area contributed by atoms with Crippen LogP contribution in [0.3, 0.4) is 0 Å². The van der Waals surface area contributed by atoms with Crippen molar-refractivity contribution in [3.8, 4) is 0 Å². The quantitative estimate of drug-likeness (QED) is 0.730. The van der Waals surface area contributed by atoms with Gasteiger partial charge in [0.2, 0.25) is 5.91 Å². The van der Waals surface area contributed by atoms with E-state index in [2.05, 4.69) is 9.88 Å². The molecule has 4 heterocycles. The van der Waals surface area contributed by atoms with Crippen molar-refractivity contribution in [2.45, 2.75) is 36.4 Å². The van der Waals surface area contributed by atoms with Crippen LogP contribution in [0.1, 0.15) is 25.0 Å². The molecule has 1 amide bonds. The molecule has 0 spiro atoms. The molecule has 0 radical (unpaired) electrons. The second-order valence-corrected chi connectivity index (χ2v) is 11.0. The number of hydrogen-bond donors (Lipinski definition) is 0. The third-order valence-corrected chi connectivity index (χ3v) is 9.57. The van der Waals surface area contributed by atoms with E-state index >= 15 is 0 Å². The summed E-state index contributed by atoms with van der Waals surface area (Å²) < 4.78 is 27.8. The minimum absolute atomic E-state index is 0.0604. The van der Waals surface area contributed by atoms with Crippen LogP contribution in [-0.2, 0) is 14.8 Å². The lowest BCUT2D eigenvalue weighted by Gasteiger charge is -2.40. The van der Waals surface area contributed by atoms with Gasteiger partial charge in [0.1, 0.15) is 10.3 Å². The zero-order valence-electron chi connectivity index (χ0n) is 15.8. The van der Waals surface area contributed by atoms with E-state index < -0.39 is 16.1 Å². The van der Waals surface area contributed by atoms with Gasteiger partial charge in [0, 0.05) is 38.1 Å². The Balaban J connectivity index is 1.46. The number of aryl methyl sites for hydroxylation is 1. The number of amides is 1. The second-order valence-electron chi connectivity index (χ2n) is 7.14. The molecule has 1 atom stereocenters. The first-order valence-corrected chi connectivity index (χ1v) is 12.7. The highest BCUT2D eigenvalue weighted by Crippen LogP contribution is 2.29. The van der Waals surface area contributed by atoms with Crippen LogP contribution in [0.5, 0.6) is 0 Å². The molecule has 2 aliphatic rings. The summed E-state index contributed by atoms with van der Waals surface area (Å²) in [5, 5.41) is 4.78. The summed E-state index contributed by atoms with van der Waals surface area (Å²) in [6.07, 6.45) is 2.27. The number of nitrogens with zero attached hydrogens (tertiary/aromatic N) is 4. The molecule has 10 heteroatoms. The van der Waals surface area contributed by atoms with E-state index in [9.17, 15) is 13.2 Å². The highest BCUT2D eigenvalue weighted by molar-refractivity contribution is 7.91. The van der Waals surface area contributed by atoms with Crippen LogP contribution in [0.4, 0.5) is 5.13 Å². The summed E-state index contributed by atoms with van der Waals surface area (Å²) >= 11 is 2.83. The van der Waals surface area contributed by atoms with Crippen molar-refractivity contribution >= 4 is 43.7 Å². The van der Waals surface area contributed by atoms with E-state index in [4.69, 9.17) is 0 Å². The van der Waals surface area contributed by atoms with Gasteiger partial charge in [-0.25, -0.2) is 13.4 Å². The maximum absolute atomic E-state index is 13.2. The molecule has 2 aromatic heterocycles. The zero-order chi connectivity index (χ0) is 19.7. The van der Waals surface area contributed by atoms with Crippen molar-refractivity contribution < 1.29 is 13.2 Å². The molecule has 28 heavy (non-hydrogen) atoms. The summed E-state index contributed by atoms with van der Waals surface area (Å²) in [5.41, 5.74) is 1.01. The van der Waals surface area contributed by atoms with Crippen molar-refractivity contribution in [3.05, 3.63) is 28.6 Å². The maximum Gasteiger partial charge on any atom is 0.253 e. The van der Waals surface area contributed by atoms with E-state index in [1.807, 2.05) is 17.2 Å². The van der Waals surface area contributed by atoms with Crippen LogP contribution in [0.2, 0.25) is 0 Å². The largest absolute Gasteiger partial charge is 0.345 e. The molecule has 7 nitrogen and oxygen atoms in total. The highest BCUT2D eigenvalue weighted by Gasteiger charge is 2.40. The number of piperazine rings is 1. The van der Waals surface area contributed by atoms with Crippen molar-refractivity contribution in [3.63, 3.8) is 0 Å². The molecule has 2 saturated heterocycles. The monoisotopic (exact) mass is 440 g/mol. The second kappa shape index (κ2) is 8.10. The first-order valence-electron chi connectivity index (χ1n) is 9.48. The van der Waals surface area contributed by atoms with Crippen molar-refractivity contribution in [1.82, 2.24) is 14.2 Å². The van der Waals surface area contributed by atoms with Gasteiger partial charge in [0.15, 0.2) is 5.13 Å². The number of thiophene rings is 1. The normalized spacial score (nSPS) is 21.8. The summed E-state index contributed by atoms with van der Waals surface area (Å²) in [4.78, 5) is 21.8. The molecule has 0 N–H and O–H groups in total. The zero-order valence-corrected chi connectivity index (χ0v) is 18.2. The average molecular weight is 441 g/mol. The standard InChI is InChI=1S/C18H24N4O3S3/c1-14-13-27-18(19-14)21-10-8-20(9-11-21)17(23)15-5-2-3-7-22(15)28(24,25)16-6-4-12-26-16/h4,6,12-13,15H,2-3,5,7-11H2,1H3. The third kappa shape index (κ3) is 3.83. The Morgan fingerprint density at radius 1 is 1.14 bits per heavy atom. The van der Waals surface area contributed by atoms with Crippen molar-refractivity contribution in [2.75, 3.05) is 37.6 Å². The molecule has 2 aliphatic heterocycles. The van der Waals surface area contributed by atoms with Crippen LogP contribution in [0, 0.1) is 6.92 Å². The van der Waals surface area contributed by atoms with E-state index in [1.165, 1.54) is 15.6 Å². The summed E-state index contributed by atoms with van der Waals surface area (Å²) in [5.74, 6) is -0.0604. The summed E-state index contributed by atoms with van der Waals surface area (Å²) in [6.45, 7) is 5.04. The number of aromatic nitrogens is 1. The van der Waals surface area contributed by atoms with Crippen LogP contribution in [-0.4, -0.2) is 67.3 Å². The van der Waals surface area contributed by atoms with Gasteiger partial charge in [0.05, 0.1) is 5.69 Å². The van der Waals surface area contributed by atoms with Crippen molar-refractivity contribution in [2.24, 2.45) is 0 Å². The van der Waals surface area contributed by atoms with Gasteiger partial charge in [-0.3, -0.25) is 4.79 Å². The maximum atomic E-state index is 13.2. The molecule has 2 fully saturated rings. The van der Waals surface area contributed by atoms with Crippen molar-refractivity contribution in [1.29, 1.82) is 0 Å². The molecule has 0 saturated carbocycles. The Hall–Kier alpha value is -1.49. The van der Waals surface area contributed by atoms with Crippen LogP contribution < -0.4 is 4.90 Å². The Bertz CT molecular complexity index is 918. The Morgan fingerprint density at radius 2 is 1.93 bits per heavy atom. The first kappa shape index (κ1) is 19.8. The molecule has 2 aromatic rings. The summed E-state index contributed by atoms with van der Waals surface area (Å²) in [7, 11) is -3.62. The summed E-state index contributed by atoms with van der Waals surface area (Å²) in [6, 6.07) is 2.76. The van der Waals surface area contributed by atoms with Gasteiger partial charge in [-0.15, -0.1) is 22.7 Å². The van der Waals surface area contributed by atoms with E-state index in [1.54, 1.807) is 28.8 Å². The fourth-order valence-electron chi connectivity index (χ4n) is 3.78. The highest BCUT2D eigenvalue weighted by atomic mass is 32.2. The van der Waals surface area contributed by atoms with E-state index in [0.29, 0.717) is 30.3 Å². The van der Waals surface area contributed by atoms with Crippen LogP contribution in [0.25, 0.3) is 0 Å². The van der Waals surface area contributed by atoms with Crippen LogP contribution >= 0.6 is 22.7 Å². The van der Waals surface area contributed by atoms with Gasteiger partial charge < -0.3 is 9.80 Å². The smallest absolute Gasteiger partial charge is 0.253 e. The molecule has 1 unspecified atom stereocenters. The average Bonchev–Trinajstić information content (AvgIpc) is 3.40. The van der Waals surface area contributed by atoms with Crippen LogP contribution in [0.15, 0.2) is 27.1 Å². The number of thiazole rings is 1. The first-order chi connectivity index (χ1) is 13.5. The minimum Gasteiger partial charge on any atom is -0.345 e. The molecule has 4 rings (SSSR count). The molecular weight excluding hydrogens is 416 g/mol. The number of piperidine rings is 1. The minimum atomic E-state index is -3.62. The molecule has 0 aromatic carbocycles. The predicted octanol–water partition coefficient (Wildman–Crippen LogP) is 2.41. The van der Waals surface area contributed by atoms with Gasteiger partial charge in [-0.05, 0) is 31.2 Å². The van der Waals surface area contributed by atoms with Gasteiger partial charge in [-0.1, -0.05) is 12.5 Å². The fraction of sp³-hybridized carbons (Fsp3) is 0.556. The SMILES string of the molecule is Cc1csc(N2CCN(C(=O)C3CCCCN3S(=O)(=O)c3cccs3)CC2)n1. The van der Waals surface area contributed by atoms with Gasteiger partial charge >= 0.3 is 0 Å². The Labute approximate surface area is 173 Å². The Kier molecular flexibility index (Phi) is 5.73. The molecular formula is C18H24N4O3S3. The number of anilines is 1. The lowest BCUT2D eigenvalue weighted by atomic mass is 10.0. The number of hydrogen-bond acceptors (Lipinski definition) is 7. The lowest BCUT2D eigenvalue weighted by molar-refractivity contribution is -0.136. The molecule has 0 bridgehead atoms. The lowest BCUT2D eigenvalue weighted by Crippen LogP contribution is -2.57. The predicted molar refractivity (Wildman–Crippen MR) is 111 cm³/mol. The number of carbonyl (C=O) groups is 1. The van der Waals surface area contributed by atoms with E-state index in [-0.39, 0.29) is 5.91 Å². The van der Waals surface area contributed by atoms with E-state index in [0.717, 1.165) is 36.8 Å². The third-order valence-electron chi connectivity index (χ3n) is 5.27.